The highest BCUT2D eigenvalue weighted by atomic mass is 32.2. The normalized spacial score (nSPS) is 12.4. The number of benzene rings is 2. The van der Waals surface area contributed by atoms with Crippen LogP contribution in [0.15, 0.2) is 59.5 Å². The van der Waals surface area contributed by atoms with Crippen LogP contribution in [0, 0.1) is 0 Å². The number of para-hydroxylation sites is 1. The molecule has 2 N–H and O–H groups in total. The molecule has 0 fully saturated rings. The second-order valence-corrected chi connectivity index (χ2v) is 6.30. The first-order valence-electron chi connectivity index (χ1n) is 6.97. The topological polar surface area (TPSA) is 110 Å². The minimum atomic E-state index is -4.41. The molecule has 0 radical (unpaired) electrons. The second-order valence-electron chi connectivity index (χ2n) is 4.88. The summed E-state index contributed by atoms with van der Waals surface area (Å²) in [6, 6.07) is 13.6. The van der Waals surface area contributed by atoms with Gasteiger partial charge in [0.2, 0.25) is 0 Å². The molecule has 0 aliphatic rings. The van der Waals surface area contributed by atoms with Crippen molar-refractivity contribution in [3.63, 3.8) is 0 Å². The maximum atomic E-state index is 11.9. The fourth-order valence-electron chi connectivity index (χ4n) is 1.80. The lowest BCUT2D eigenvalue weighted by Gasteiger charge is -2.13. The SMILES string of the molecule is O=C(OCC(O)COc1ccccc1)c1cccc(S(=O)(=O)O)c1. The first kappa shape index (κ1) is 17.9. The lowest BCUT2D eigenvalue weighted by Crippen LogP contribution is -2.25. The Hall–Kier alpha value is -2.42. The van der Waals surface area contributed by atoms with E-state index in [4.69, 9.17) is 14.0 Å². The van der Waals surface area contributed by atoms with Gasteiger partial charge >= 0.3 is 5.97 Å². The molecule has 0 bridgehead atoms. The zero-order valence-corrected chi connectivity index (χ0v) is 13.3. The molecule has 0 amide bonds. The van der Waals surface area contributed by atoms with E-state index in [1.54, 1.807) is 24.3 Å². The maximum absolute atomic E-state index is 11.9. The Morgan fingerprint density at radius 3 is 2.42 bits per heavy atom. The standard InChI is InChI=1S/C16H16O7S/c17-13(10-22-14-6-2-1-3-7-14)11-23-16(18)12-5-4-8-15(9-12)24(19,20)21/h1-9,13,17H,10-11H2,(H,19,20,21). The third-order valence-corrected chi connectivity index (χ3v) is 3.81. The molecule has 1 atom stereocenters. The van der Waals surface area contributed by atoms with Gasteiger partial charge in [0.25, 0.3) is 10.1 Å². The smallest absolute Gasteiger partial charge is 0.338 e. The van der Waals surface area contributed by atoms with Crippen LogP contribution in [-0.2, 0) is 14.9 Å². The Balaban J connectivity index is 1.86. The van der Waals surface area contributed by atoms with Gasteiger partial charge in [0.1, 0.15) is 25.1 Å². The monoisotopic (exact) mass is 352 g/mol. The fraction of sp³-hybridized carbons (Fsp3) is 0.188. The van der Waals surface area contributed by atoms with Crippen molar-refractivity contribution in [2.45, 2.75) is 11.0 Å². The molecule has 2 aromatic rings. The molecule has 0 saturated heterocycles. The van der Waals surface area contributed by atoms with Crippen LogP contribution >= 0.6 is 0 Å². The van der Waals surface area contributed by atoms with Crippen LogP contribution < -0.4 is 4.74 Å². The Morgan fingerprint density at radius 2 is 1.75 bits per heavy atom. The average Bonchev–Trinajstić information content (AvgIpc) is 2.58. The number of esters is 1. The summed E-state index contributed by atoms with van der Waals surface area (Å²) in [4.78, 5) is 11.4. The second kappa shape index (κ2) is 7.91. The lowest BCUT2D eigenvalue weighted by atomic mass is 10.2. The molecular formula is C16H16O7S. The van der Waals surface area contributed by atoms with E-state index in [1.807, 2.05) is 6.07 Å². The van der Waals surface area contributed by atoms with E-state index < -0.39 is 27.1 Å². The van der Waals surface area contributed by atoms with Gasteiger partial charge in [-0.2, -0.15) is 8.42 Å². The van der Waals surface area contributed by atoms with Gasteiger partial charge in [-0.3, -0.25) is 4.55 Å². The summed E-state index contributed by atoms with van der Waals surface area (Å²) in [6.07, 6.45) is -1.04. The van der Waals surface area contributed by atoms with Crippen molar-refractivity contribution in [1.29, 1.82) is 0 Å². The van der Waals surface area contributed by atoms with Gasteiger partial charge in [-0.25, -0.2) is 4.79 Å². The minimum absolute atomic E-state index is 0.0543. The number of rotatable bonds is 7. The molecule has 128 valence electrons. The van der Waals surface area contributed by atoms with Crippen molar-refractivity contribution in [2.24, 2.45) is 0 Å². The zero-order valence-electron chi connectivity index (χ0n) is 12.5. The number of ether oxygens (including phenoxy) is 2. The van der Waals surface area contributed by atoms with Gasteiger partial charge in [0.05, 0.1) is 10.5 Å². The van der Waals surface area contributed by atoms with Crippen molar-refractivity contribution >= 4 is 16.1 Å². The van der Waals surface area contributed by atoms with Crippen LogP contribution in [-0.4, -0.2) is 43.4 Å². The summed E-state index contributed by atoms with van der Waals surface area (Å²) in [5.41, 5.74) is -0.0543. The molecule has 8 heteroatoms. The van der Waals surface area contributed by atoms with Crippen molar-refractivity contribution in [1.82, 2.24) is 0 Å². The largest absolute Gasteiger partial charge is 0.491 e. The van der Waals surface area contributed by atoms with Crippen molar-refractivity contribution in [3.05, 3.63) is 60.2 Å². The number of carbonyl (C=O) groups is 1. The summed E-state index contributed by atoms with van der Waals surface area (Å²) in [6.45, 7) is -0.385. The molecule has 0 aliphatic heterocycles. The number of carbonyl (C=O) groups excluding carboxylic acids is 1. The van der Waals surface area contributed by atoms with Gasteiger partial charge in [0, 0.05) is 0 Å². The van der Waals surface area contributed by atoms with E-state index in [2.05, 4.69) is 0 Å². The first-order valence-corrected chi connectivity index (χ1v) is 8.41. The molecule has 1 unspecified atom stereocenters. The number of aliphatic hydroxyl groups excluding tert-OH is 1. The molecule has 0 aromatic heterocycles. The van der Waals surface area contributed by atoms with Crippen molar-refractivity contribution in [3.8, 4) is 5.75 Å². The van der Waals surface area contributed by atoms with E-state index in [1.165, 1.54) is 12.1 Å². The van der Waals surface area contributed by atoms with Crippen LogP contribution in [0.4, 0.5) is 0 Å². The molecular weight excluding hydrogens is 336 g/mol. The highest BCUT2D eigenvalue weighted by molar-refractivity contribution is 7.85. The molecule has 24 heavy (non-hydrogen) atoms. The van der Waals surface area contributed by atoms with E-state index in [0.717, 1.165) is 12.1 Å². The summed E-state index contributed by atoms with van der Waals surface area (Å²) in [5, 5.41) is 9.75. The Bertz CT molecular complexity index is 787. The Morgan fingerprint density at radius 1 is 1.04 bits per heavy atom. The van der Waals surface area contributed by atoms with Gasteiger partial charge in [-0.05, 0) is 30.3 Å². The lowest BCUT2D eigenvalue weighted by molar-refractivity contribution is 0.0130. The molecule has 2 aromatic carbocycles. The Labute approximate surface area is 139 Å². The summed E-state index contributed by atoms with van der Waals surface area (Å²) in [5.74, 6) is -0.247. The number of aliphatic hydroxyl groups is 1. The quantitative estimate of drug-likeness (QED) is 0.574. The molecule has 2 rings (SSSR count). The van der Waals surface area contributed by atoms with Gasteiger partial charge in [-0.15, -0.1) is 0 Å². The highest BCUT2D eigenvalue weighted by Crippen LogP contribution is 2.12. The predicted octanol–water partition coefficient (Wildman–Crippen LogP) is 1.53. The highest BCUT2D eigenvalue weighted by Gasteiger charge is 2.15. The van der Waals surface area contributed by atoms with E-state index in [9.17, 15) is 18.3 Å². The van der Waals surface area contributed by atoms with E-state index in [0.29, 0.717) is 5.75 Å². The summed E-state index contributed by atoms with van der Waals surface area (Å²) in [7, 11) is -4.41. The third-order valence-electron chi connectivity index (χ3n) is 2.96. The van der Waals surface area contributed by atoms with Crippen molar-refractivity contribution in [2.75, 3.05) is 13.2 Å². The van der Waals surface area contributed by atoms with E-state index >= 15 is 0 Å². The molecule has 0 aliphatic carbocycles. The molecule has 0 heterocycles. The van der Waals surface area contributed by atoms with Crippen LogP contribution in [0.2, 0.25) is 0 Å². The maximum Gasteiger partial charge on any atom is 0.338 e. The van der Waals surface area contributed by atoms with Gasteiger partial charge < -0.3 is 14.6 Å². The van der Waals surface area contributed by atoms with E-state index in [-0.39, 0.29) is 18.8 Å². The first-order chi connectivity index (χ1) is 11.4. The van der Waals surface area contributed by atoms with Gasteiger partial charge in [0.15, 0.2) is 0 Å². The number of hydrogen-bond donors (Lipinski definition) is 2. The third kappa shape index (κ3) is 5.34. The van der Waals surface area contributed by atoms with Crippen LogP contribution in [0.3, 0.4) is 0 Å². The minimum Gasteiger partial charge on any atom is -0.491 e. The van der Waals surface area contributed by atoms with Crippen LogP contribution in [0.25, 0.3) is 0 Å². The molecule has 0 saturated carbocycles. The predicted molar refractivity (Wildman–Crippen MR) is 84.5 cm³/mol. The molecule has 0 spiro atoms. The number of hydrogen-bond acceptors (Lipinski definition) is 6. The van der Waals surface area contributed by atoms with Crippen LogP contribution in [0.1, 0.15) is 10.4 Å². The van der Waals surface area contributed by atoms with Crippen molar-refractivity contribution < 1.29 is 32.3 Å². The average molecular weight is 352 g/mol. The Kier molecular flexibility index (Phi) is 5.91. The van der Waals surface area contributed by atoms with Crippen LogP contribution in [0.5, 0.6) is 5.75 Å². The summed E-state index contributed by atoms with van der Waals surface area (Å²) >= 11 is 0. The summed E-state index contributed by atoms with van der Waals surface area (Å²) < 4.78 is 41.3. The van der Waals surface area contributed by atoms with Gasteiger partial charge in [-0.1, -0.05) is 24.3 Å². The zero-order chi connectivity index (χ0) is 17.6. The fourth-order valence-corrected chi connectivity index (χ4v) is 2.32. The molecule has 7 nitrogen and oxygen atoms in total.